The number of hydrogen-bond acceptors (Lipinski definition) is 2. The van der Waals surface area contributed by atoms with Gasteiger partial charge in [-0.3, -0.25) is 0 Å². The van der Waals surface area contributed by atoms with Gasteiger partial charge in [0, 0.05) is 17.1 Å². The summed E-state index contributed by atoms with van der Waals surface area (Å²) in [6.45, 7) is 5.99. The number of halogens is 1. The summed E-state index contributed by atoms with van der Waals surface area (Å²) >= 11 is 5.87. The molecule has 1 saturated heterocycles. The molecule has 1 unspecified atom stereocenters. The third-order valence-corrected chi connectivity index (χ3v) is 3.05. The van der Waals surface area contributed by atoms with Gasteiger partial charge in [0.1, 0.15) is 6.10 Å². The smallest absolute Gasteiger partial charge is 0.100 e. The van der Waals surface area contributed by atoms with Crippen LogP contribution in [-0.2, 0) is 4.74 Å². The molecule has 1 fully saturated rings. The molecule has 0 radical (unpaired) electrons. The van der Waals surface area contributed by atoms with E-state index in [9.17, 15) is 0 Å². The van der Waals surface area contributed by atoms with Crippen molar-refractivity contribution in [3.63, 3.8) is 0 Å². The Bertz CT molecular complexity index is 334. The standard InChI is InChI=1S/C12H16ClNO/c1-12(2)11(15-8-7-14-12)9-3-5-10(13)6-4-9/h3-6,11,14H,7-8H2,1-2H3. The molecule has 82 valence electrons. The highest BCUT2D eigenvalue weighted by Crippen LogP contribution is 2.31. The Balaban J connectivity index is 2.25. The summed E-state index contributed by atoms with van der Waals surface area (Å²) in [7, 11) is 0. The molecule has 1 aromatic rings. The van der Waals surface area contributed by atoms with Crippen molar-refractivity contribution in [2.75, 3.05) is 13.2 Å². The first kappa shape index (κ1) is 10.9. The van der Waals surface area contributed by atoms with Gasteiger partial charge in [0.2, 0.25) is 0 Å². The van der Waals surface area contributed by atoms with Crippen molar-refractivity contribution in [3.05, 3.63) is 34.9 Å². The van der Waals surface area contributed by atoms with E-state index in [4.69, 9.17) is 16.3 Å². The number of rotatable bonds is 1. The van der Waals surface area contributed by atoms with Crippen LogP contribution in [0.25, 0.3) is 0 Å². The van der Waals surface area contributed by atoms with E-state index in [0.717, 1.165) is 18.2 Å². The molecule has 0 aromatic heterocycles. The van der Waals surface area contributed by atoms with Crippen molar-refractivity contribution in [3.8, 4) is 0 Å². The van der Waals surface area contributed by atoms with Crippen LogP contribution in [0.2, 0.25) is 5.02 Å². The fourth-order valence-electron chi connectivity index (χ4n) is 2.00. The number of nitrogens with one attached hydrogen (secondary N) is 1. The molecule has 1 atom stereocenters. The Morgan fingerprint density at radius 2 is 2.00 bits per heavy atom. The van der Waals surface area contributed by atoms with Crippen molar-refractivity contribution in [2.24, 2.45) is 0 Å². The summed E-state index contributed by atoms with van der Waals surface area (Å²) in [5.41, 5.74) is 1.16. The maximum Gasteiger partial charge on any atom is 0.100 e. The summed E-state index contributed by atoms with van der Waals surface area (Å²) in [5.74, 6) is 0. The van der Waals surface area contributed by atoms with Crippen LogP contribution in [0.1, 0.15) is 25.5 Å². The molecule has 1 aliphatic rings. The number of morpholine rings is 1. The molecule has 2 nitrogen and oxygen atoms in total. The predicted molar refractivity (Wildman–Crippen MR) is 62.2 cm³/mol. The summed E-state index contributed by atoms with van der Waals surface area (Å²) in [6, 6.07) is 7.87. The monoisotopic (exact) mass is 225 g/mol. The van der Waals surface area contributed by atoms with Gasteiger partial charge in [-0.2, -0.15) is 0 Å². The van der Waals surface area contributed by atoms with Crippen molar-refractivity contribution in [1.29, 1.82) is 0 Å². The molecule has 3 heteroatoms. The summed E-state index contributed by atoms with van der Waals surface area (Å²) in [4.78, 5) is 0. The zero-order chi connectivity index (χ0) is 10.9. The van der Waals surface area contributed by atoms with Gasteiger partial charge in [-0.15, -0.1) is 0 Å². The molecule has 1 N–H and O–H groups in total. The molecular weight excluding hydrogens is 210 g/mol. The minimum Gasteiger partial charge on any atom is -0.370 e. The van der Waals surface area contributed by atoms with Crippen LogP contribution in [0, 0.1) is 0 Å². The highest BCUT2D eigenvalue weighted by molar-refractivity contribution is 6.30. The topological polar surface area (TPSA) is 21.3 Å². The van der Waals surface area contributed by atoms with Crippen molar-refractivity contribution < 1.29 is 4.74 Å². The second-order valence-corrected chi connectivity index (χ2v) is 4.89. The highest BCUT2D eigenvalue weighted by Gasteiger charge is 2.33. The Kier molecular flexibility index (Phi) is 3.01. The van der Waals surface area contributed by atoms with Crippen LogP contribution in [-0.4, -0.2) is 18.7 Å². The van der Waals surface area contributed by atoms with Gasteiger partial charge in [0.15, 0.2) is 0 Å². The summed E-state index contributed by atoms with van der Waals surface area (Å²) in [6.07, 6.45) is 0.100. The fourth-order valence-corrected chi connectivity index (χ4v) is 2.13. The maximum atomic E-state index is 5.87. The first-order valence-electron chi connectivity index (χ1n) is 5.22. The molecule has 2 rings (SSSR count). The summed E-state index contributed by atoms with van der Waals surface area (Å²) in [5, 5.41) is 4.23. The number of benzene rings is 1. The van der Waals surface area contributed by atoms with Gasteiger partial charge in [0.05, 0.1) is 6.61 Å². The van der Waals surface area contributed by atoms with Crippen LogP contribution in [0.4, 0.5) is 0 Å². The molecule has 0 aliphatic carbocycles. The second-order valence-electron chi connectivity index (χ2n) is 4.45. The molecule has 0 amide bonds. The van der Waals surface area contributed by atoms with E-state index in [0.29, 0.717) is 0 Å². The minimum atomic E-state index is -0.0217. The van der Waals surface area contributed by atoms with Crippen LogP contribution in [0.3, 0.4) is 0 Å². The Hall–Kier alpha value is -0.570. The van der Waals surface area contributed by atoms with Gasteiger partial charge < -0.3 is 10.1 Å². The van der Waals surface area contributed by atoms with Crippen molar-refractivity contribution in [2.45, 2.75) is 25.5 Å². The van der Waals surface area contributed by atoms with Crippen LogP contribution >= 0.6 is 11.6 Å². The average molecular weight is 226 g/mol. The van der Waals surface area contributed by atoms with Gasteiger partial charge in [-0.25, -0.2) is 0 Å². The first-order chi connectivity index (χ1) is 7.09. The SMILES string of the molecule is CC1(C)NCCOC1c1ccc(Cl)cc1. The lowest BCUT2D eigenvalue weighted by Gasteiger charge is -2.39. The van der Waals surface area contributed by atoms with Crippen LogP contribution < -0.4 is 5.32 Å². The molecule has 15 heavy (non-hydrogen) atoms. The molecule has 1 aromatic carbocycles. The maximum absolute atomic E-state index is 5.87. The minimum absolute atomic E-state index is 0.0217. The van der Waals surface area contributed by atoms with Crippen LogP contribution in [0.15, 0.2) is 24.3 Å². The molecular formula is C12H16ClNO. The number of ether oxygens (including phenoxy) is 1. The summed E-state index contributed by atoms with van der Waals surface area (Å²) < 4.78 is 5.81. The van der Waals surface area contributed by atoms with Gasteiger partial charge >= 0.3 is 0 Å². The lowest BCUT2D eigenvalue weighted by molar-refractivity contribution is -0.0388. The average Bonchev–Trinajstić information content (AvgIpc) is 2.19. The molecule has 1 aliphatic heterocycles. The van der Waals surface area contributed by atoms with Crippen molar-refractivity contribution >= 4 is 11.6 Å². The quantitative estimate of drug-likeness (QED) is 0.794. The Morgan fingerprint density at radius 1 is 1.33 bits per heavy atom. The van der Waals surface area contributed by atoms with E-state index in [1.807, 2.05) is 24.3 Å². The zero-order valence-corrected chi connectivity index (χ0v) is 9.84. The largest absolute Gasteiger partial charge is 0.370 e. The van der Waals surface area contributed by atoms with E-state index in [1.165, 1.54) is 5.56 Å². The van der Waals surface area contributed by atoms with E-state index >= 15 is 0 Å². The zero-order valence-electron chi connectivity index (χ0n) is 9.09. The lowest BCUT2D eigenvalue weighted by Crippen LogP contribution is -2.51. The Morgan fingerprint density at radius 3 is 2.60 bits per heavy atom. The number of hydrogen-bond donors (Lipinski definition) is 1. The van der Waals surface area contributed by atoms with E-state index < -0.39 is 0 Å². The fraction of sp³-hybridized carbons (Fsp3) is 0.500. The third-order valence-electron chi connectivity index (χ3n) is 2.80. The van der Waals surface area contributed by atoms with E-state index in [2.05, 4.69) is 19.2 Å². The van der Waals surface area contributed by atoms with Gasteiger partial charge in [-0.1, -0.05) is 23.7 Å². The first-order valence-corrected chi connectivity index (χ1v) is 5.59. The lowest BCUT2D eigenvalue weighted by atomic mass is 9.90. The molecule has 0 saturated carbocycles. The molecule has 0 spiro atoms. The molecule has 0 bridgehead atoms. The predicted octanol–water partition coefficient (Wildman–Crippen LogP) is 2.78. The van der Waals surface area contributed by atoms with Crippen molar-refractivity contribution in [1.82, 2.24) is 5.32 Å². The highest BCUT2D eigenvalue weighted by atomic mass is 35.5. The Labute approximate surface area is 95.6 Å². The molecule has 1 heterocycles. The second kappa shape index (κ2) is 4.12. The normalized spacial score (nSPS) is 25.1. The van der Waals surface area contributed by atoms with Gasteiger partial charge in [0.25, 0.3) is 0 Å². The van der Waals surface area contributed by atoms with E-state index in [-0.39, 0.29) is 11.6 Å². The van der Waals surface area contributed by atoms with E-state index in [1.54, 1.807) is 0 Å². The van der Waals surface area contributed by atoms with Crippen LogP contribution in [0.5, 0.6) is 0 Å². The third kappa shape index (κ3) is 2.33. The van der Waals surface area contributed by atoms with Gasteiger partial charge in [-0.05, 0) is 31.5 Å².